The summed E-state index contributed by atoms with van der Waals surface area (Å²) in [5.41, 5.74) is 0. The van der Waals surface area contributed by atoms with Crippen LogP contribution in [0.25, 0.3) is 0 Å². The fourth-order valence-corrected chi connectivity index (χ4v) is 4.52. The molecule has 3 aliphatic rings. The molecule has 2 fully saturated rings. The van der Waals surface area contributed by atoms with Crippen molar-refractivity contribution in [3.8, 4) is 0 Å². The fraction of sp³-hybridized carbons (Fsp3) is 0.727. The van der Waals surface area contributed by atoms with E-state index in [0.717, 1.165) is 35.5 Å². The SMILES string of the molecule is C.C.C=CC1CC(C=C)C(CC)C1.CCC1CC2C=CC1C2. The lowest BCUT2D eigenvalue weighted by atomic mass is 9.91. The number of rotatable bonds is 4. The van der Waals surface area contributed by atoms with E-state index in [9.17, 15) is 0 Å². The van der Waals surface area contributed by atoms with Crippen LogP contribution >= 0.6 is 0 Å². The Morgan fingerprint density at radius 3 is 1.86 bits per heavy atom. The average molecular weight is 305 g/mol. The molecule has 0 heteroatoms. The Kier molecular flexibility index (Phi) is 9.72. The summed E-state index contributed by atoms with van der Waals surface area (Å²) in [7, 11) is 0. The Morgan fingerprint density at radius 1 is 0.864 bits per heavy atom. The molecule has 0 N–H and O–H groups in total. The standard InChI is InChI=1S/C11H18.C9H14.2CH4/c1-4-9-7-10(5-2)11(6-3)8-9;1-2-8-5-7-3-4-9(8)6-7;;/h4-5,9-11H,1-2,6-8H2,3H3;3-4,7-9H,2,5-6H2,1H3;2*1H4. The Morgan fingerprint density at radius 2 is 1.55 bits per heavy atom. The minimum atomic E-state index is 0. The zero-order valence-corrected chi connectivity index (χ0v) is 13.4. The summed E-state index contributed by atoms with van der Waals surface area (Å²) >= 11 is 0. The zero-order valence-electron chi connectivity index (χ0n) is 13.4. The second-order valence-corrected chi connectivity index (χ2v) is 6.98. The Labute approximate surface area is 140 Å². The predicted molar refractivity (Wildman–Crippen MR) is 103 cm³/mol. The monoisotopic (exact) mass is 304 g/mol. The Balaban J connectivity index is 0.000000372. The van der Waals surface area contributed by atoms with Crippen molar-refractivity contribution in [1.82, 2.24) is 0 Å². The minimum absolute atomic E-state index is 0. The molecule has 128 valence electrons. The van der Waals surface area contributed by atoms with Crippen LogP contribution in [0.1, 0.15) is 67.2 Å². The largest absolute Gasteiger partial charge is 0.103 e. The first-order chi connectivity index (χ1) is 9.71. The molecule has 3 aliphatic carbocycles. The summed E-state index contributed by atoms with van der Waals surface area (Å²) in [5.74, 6) is 5.36. The van der Waals surface area contributed by atoms with E-state index in [1.807, 2.05) is 0 Å². The molecular weight excluding hydrogens is 264 g/mol. The lowest BCUT2D eigenvalue weighted by Crippen LogP contribution is -2.04. The van der Waals surface area contributed by atoms with Gasteiger partial charge in [0.25, 0.3) is 0 Å². The van der Waals surface area contributed by atoms with Gasteiger partial charge in [0.1, 0.15) is 0 Å². The lowest BCUT2D eigenvalue weighted by molar-refractivity contribution is 0.434. The van der Waals surface area contributed by atoms with Crippen LogP contribution in [0.15, 0.2) is 37.5 Å². The van der Waals surface area contributed by atoms with Crippen LogP contribution in [0.5, 0.6) is 0 Å². The van der Waals surface area contributed by atoms with Crippen LogP contribution in [-0.2, 0) is 0 Å². The van der Waals surface area contributed by atoms with E-state index >= 15 is 0 Å². The van der Waals surface area contributed by atoms with Gasteiger partial charge in [-0.2, -0.15) is 0 Å². The summed E-state index contributed by atoms with van der Waals surface area (Å²) in [6, 6.07) is 0. The number of fused-ring (bicyclic) bond motifs is 2. The van der Waals surface area contributed by atoms with Gasteiger partial charge in [0.15, 0.2) is 0 Å². The van der Waals surface area contributed by atoms with Gasteiger partial charge in [-0.3, -0.25) is 0 Å². The van der Waals surface area contributed by atoms with E-state index in [-0.39, 0.29) is 14.9 Å². The molecular formula is C22H40. The number of hydrogen-bond acceptors (Lipinski definition) is 0. The van der Waals surface area contributed by atoms with E-state index in [1.54, 1.807) is 0 Å². The van der Waals surface area contributed by atoms with Gasteiger partial charge in [-0.1, -0.05) is 65.8 Å². The average Bonchev–Trinajstić information content (AvgIpc) is 3.21. The molecule has 2 saturated carbocycles. The van der Waals surface area contributed by atoms with Gasteiger partial charge in [0.2, 0.25) is 0 Å². The molecule has 6 atom stereocenters. The van der Waals surface area contributed by atoms with Crippen molar-refractivity contribution in [3.05, 3.63) is 37.5 Å². The van der Waals surface area contributed by atoms with E-state index in [1.165, 1.54) is 38.5 Å². The molecule has 0 aliphatic heterocycles. The van der Waals surface area contributed by atoms with Gasteiger partial charge < -0.3 is 0 Å². The van der Waals surface area contributed by atoms with Gasteiger partial charge in [-0.25, -0.2) is 0 Å². The van der Waals surface area contributed by atoms with Gasteiger partial charge in [0, 0.05) is 0 Å². The summed E-state index contributed by atoms with van der Waals surface area (Å²) in [6.07, 6.45) is 17.3. The molecule has 0 spiro atoms. The first-order valence-electron chi connectivity index (χ1n) is 8.65. The Bertz CT molecular complexity index is 351. The topological polar surface area (TPSA) is 0 Å². The third kappa shape index (κ3) is 4.86. The smallest absolute Gasteiger partial charge is 0.0199 e. The van der Waals surface area contributed by atoms with E-state index < -0.39 is 0 Å². The highest BCUT2D eigenvalue weighted by atomic mass is 14.4. The van der Waals surface area contributed by atoms with Gasteiger partial charge >= 0.3 is 0 Å². The van der Waals surface area contributed by atoms with Crippen molar-refractivity contribution in [2.45, 2.75) is 67.2 Å². The third-order valence-corrected chi connectivity index (χ3v) is 5.89. The highest BCUT2D eigenvalue weighted by Crippen LogP contribution is 2.44. The molecule has 0 aromatic heterocycles. The molecule has 6 unspecified atom stereocenters. The van der Waals surface area contributed by atoms with Crippen LogP contribution in [0.3, 0.4) is 0 Å². The van der Waals surface area contributed by atoms with E-state index in [4.69, 9.17) is 0 Å². The molecule has 22 heavy (non-hydrogen) atoms. The summed E-state index contributed by atoms with van der Waals surface area (Å²) in [6.45, 7) is 12.3. The maximum atomic E-state index is 3.88. The maximum Gasteiger partial charge on any atom is -0.0199 e. The van der Waals surface area contributed by atoms with Crippen LogP contribution in [0.4, 0.5) is 0 Å². The van der Waals surface area contributed by atoms with Crippen molar-refractivity contribution in [1.29, 1.82) is 0 Å². The molecule has 0 aromatic carbocycles. The summed E-state index contributed by atoms with van der Waals surface area (Å²) in [4.78, 5) is 0. The normalized spacial score (nSPS) is 37.5. The predicted octanol–water partition coefficient (Wildman–Crippen LogP) is 7.29. The quantitative estimate of drug-likeness (QED) is 0.478. The first-order valence-corrected chi connectivity index (χ1v) is 8.65. The van der Waals surface area contributed by atoms with Crippen molar-refractivity contribution in [2.24, 2.45) is 35.5 Å². The maximum absolute atomic E-state index is 3.88. The van der Waals surface area contributed by atoms with E-state index in [2.05, 4.69) is 51.3 Å². The molecule has 0 radical (unpaired) electrons. The third-order valence-electron chi connectivity index (χ3n) is 5.89. The summed E-state index contributed by atoms with van der Waals surface area (Å²) in [5, 5.41) is 0. The van der Waals surface area contributed by atoms with Crippen LogP contribution in [0.2, 0.25) is 0 Å². The number of allylic oxidation sites excluding steroid dienone is 4. The van der Waals surface area contributed by atoms with Crippen LogP contribution in [-0.4, -0.2) is 0 Å². The molecule has 0 saturated heterocycles. The first kappa shape index (κ1) is 21.2. The fourth-order valence-electron chi connectivity index (χ4n) is 4.52. The molecule has 3 rings (SSSR count). The van der Waals surface area contributed by atoms with Crippen molar-refractivity contribution < 1.29 is 0 Å². The molecule has 2 bridgehead atoms. The zero-order chi connectivity index (χ0) is 14.5. The van der Waals surface area contributed by atoms with E-state index in [0.29, 0.717) is 0 Å². The van der Waals surface area contributed by atoms with Gasteiger partial charge in [-0.05, 0) is 61.2 Å². The van der Waals surface area contributed by atoms with Crippen LogP contribution < -0.4 is 0 Å². The molecule has 0 heterocycles. The van der Waals surface area contributed by atoms with Crippen molar-refractivity contribution in [2.75, 3.05) is 0 Å². The Hall–Kier alpha value is -0.780. The lowest BCUT2D eigenvalue weighted by Gasteiger charge is -2.14. The van der Waals surface area contributed by atoms with Crippen molar-refractivity contribution in [3.63, 3.8) is 0 Å². The molecule has 0 nitrogen and oxygen atoms in total. The highest BCUT2D eigenvalue weighted by Gasteiger charge is 2.33. The van der Waals surface area contributed by atoms with Crippen LogP contribution in [0, 0.1) is 35.5 Å². The second kappa shape index (κ2) is 10.1. The molecule has 0 aromatic rings. The highest BCUT2D eigenvalue weighted by molar-refractivity contribution is 5.09. The van der Waals surface area contributed by atoms with Gasteiger partial charge in [0.05, 0.1) is 0 Å². The summed E-state index contributed by atoms with van der Waals surface area (Å²) < 4.78 is 0. The minimum Gasteiger partial charge on any atom is -0.103 e. The van der Waals surface area contributed by atoms with Crippen molar-refractivity contribution >= 4 is 0 Å². The van der Waals surface area contributed by atoms with Gasteiger partial charge in [-0.15, -0.1) is 13.2 Å². The second-order valence-electron chi connectivity index (χ2n) is 6.98. The molecule has 0 amide bonds. The number of hydrogen-bond donors (Lipinski definition) is 0.